The van der Waals surface area contributed by atoms with Crippen LogP contribution in [0.3, 0.4) is 0 Å². The molecule has 0 saturated carbocycles. The second-order valence-corrected chi connectivity index (χ2v) is 5.31. The van der Waals surface area contributed by atoms with Crippen LogP contribution in [0.4, 0.5) is 0 Å². The molecule has 2 rings (SSSR count). The molecule has 1 aromatic carbocycles. The summed E-state index contributed by atoms with van der Waals surface area (Å²) in [6, 6.07) is 8.15. The van der Waals surface area contributed by atoms with E-state index in [-0.39, 0.29) is 0 Å². The number of benzene rings is 1. The maximum atomic E-state index is 5.68. The second kappa shape index (κ2) is 5.10. The minimum absolute atomic E-state index is 0.630. The topological polar surface area (TPSA) is 12.9 Å². The summed E-state index contributed by atoms with van der Waals surface area (Å²) in [7, 11) is 0. The van der Waals surface area contributed by atoms with Gasteiger partial charge < -0.3 is 0 Å². The molecule has 15 heavy (non-hydrogen) atoms. The third kappa shape index (κ3) is 2.80. The lowest BCUT2D eigenvalue weighted by Crippen LogP contribution is -1.84. The number of alkyl halides is 1. The van der Waals surface area contributed by atoms with E-state index in [1.54, 1.807) is 11.3 Å². The van der Waals surface area contributed by atoms with Crippen molar-refractivity contribution in [2.45, 2.75) is 6.42 Å². The van der Waals surface area contributed by atoms with Crippen molar-refractivity contribution in [1.29, 1.82) is 0 Å². The zero-order valence-electron chi connectivity index (χ0n) is 7.91. The summed E-state index contributed by atoms with van der Waals surface area (Å²) in [4.78, 5) is 4.52. The number of thiazole rings is 1. The molecule has 0 N–H and O–H groups in total. The molecule has 0 aliphatic carbocycles. The van der Waals surface area contributed by atoms with E-state index in [0.717, 1.165) is 27.2 Å². The van der Waals surface area contributed by atoms with Crippen LogP contribution >= 0.6 is 38.9 Å². The molecule has 0 saturated heterocycles. The molecule has 78 valence electrons. The normalized spacial score (nSPS) is 10.5. The Balaban J connectivity index is 2.29. The highest BCUT2D eigenvalue weighted by molar-refractivity contribution is 9.10. The van der Waals surface area contributed by atoms with Crippen LogP contribution in [0.2, 0.25) is 0 Å². The first kappa shape index (κ1) is 11.1. The molecule has 0 aliphatic heterocycles. The first-order valence-corrected chi connectivity index (χ1v) is 6.76. The van der Waals surface area contributed by atoms with Crippen molar-refractivity contribution in [3.05, 3.63) is 39.1 Å². The van der Waals surface area contributed by atoms with Gasteiger partial charge in [-0.15, -0.1) is 22.9 Å². The minimum Gasteiger partial charge on any atom is -0.241 e. The van der Waals surface area contributed by atoms with E-state index in [4.69, 9.17) is 11.6 Å². The van der Waals surface area contributed by atoms with Gasteiger partial charge in [-0.05, 0) is 12.1 Å². The molecule has 0 amide bonds. The van der Waals surface area contributed by atoms with Crippen LogP contribution in [0.15, 0.2) is 34.1 Å². The molecule has 0 unspecified atom stereocenters. The summed E-state index contributed by atoms with van der Waals surface area (Å²) in [5.74, 6) is 0.630. The maximum Gasteiger partial charge on any atom is 0.0944 e. The van der Waals surface area contributed by atoms with Crippen LogP contribution in [0.25, 0.3) is 11.3 Å². The highest BCUT2D eigenvalue weighted by Gasteiger charge is 2.04. The van der Waals surface area contributed by atoms with E-state index in [9.17, 15) is 0 Å². The first-order chi connectivity index (χ1) is 7.29. The number of rotatable bonds is 3. The fourth-order valence-electron chi connectivity index (χ4n) is 1.29. The van der Waals surface area contributed by atoms with Gasteiger partial charge in [-0.2, -0.15) is 0 Å². The van der Waals surface area contributed by atoms with Gasteiger partial charge in [0.25, 0.3) is 0 Å². The number of nitrogens with zero attached hydrogens (tertiary/aromatic N) is 1. The molecule has 0 atom stereocenters. The van der Waals surface area contributed by atoms with Crippen molar-refractivity contribution in [3.63, 3.8) is 0 Å². The zero-order valence-corrected chi connectivity index (χ0v) is 11.1. The Kier molecular flexibility index (Phi) is 3.78. The molecule has 4 heteroatoms. The molecule has 0 spiro atoms. The van der Waals surface area contributed by atoms with Gasteiger partial charge in [0.2, 0.25) is 0 Å². The largest absolute Gasteiger partial charge is 0.241 e. The minimum atomic E-state index is 0.630. The van der Waals surface area contributed by atoms with Crippen molar-refractivity contribution >= 4 is 38.9 Å². The Labute approximate surface area is 106 Å². The summed E-state index contributed by atoms with van der Waals surface area (Å²) in [5.41, 5.74) is 2.17. The molecule has 1 aromatic heterocycles. The molecular formula is C11H9BrClNS. The van der Waals surface area contributed by atoms with Crippen LogP contribution in [0.1, 0.15) is 5.01 Å². The highest BCUT2D eigenvalue weighted by Crippen LogP contribution is 2.24. The summed E-state index contributed by atoms with van der Waals surface area (Å²) in [5, 5.41) is 3.17. The third-order valence-corrected chi connectivity index (χ3v) is 3.57. The Hall–Kier alpha value is -0.380. The Morgan fingerprint density at radius 2 is 2.27 bits per heavy atom. The fraction of sp³-hybridized carbons (Fsp3) is 0.182. The van der Waals surface area contributed by atoms with Gasteiger partial charge in [0.05, 0.1) is 10.7 Å². The molecule has 0 fully saturated rings. The van der Waals surface area contributed by atoms with E-state index in [0.29, 0.717) is 5.88 Å². The van der Waals surface area contributed by atoms with Gasteiger partial charge in [-0.25, -0.2) is 4.98 Å². The molecular weight excluding hydrogens is 294 g/mol. The van der Waals surface area contributed by atoms with Gasteiger partial charge in [-0.1, -0.05) is 28.1 Å². The van der Waals surface area contributed by atoms with Crippen LogP contribution in [0.5, 0.6) is 0 Å². The lowest BCUT2D eigenvalue weighted by atomic mass is 10.2. The van der Waals surface area contributed by atoms with Crippen LogP contribution < -0.4 is 0 Å². The maximum absolute atomic E-state index is 5.68. The average molecular weight is 303 g/mol. The van der Waals surface area contributed by atoms with E-state index >= 15 is 0 Å². The summed E-state index contributed by atoms with van der Waals surface area (Å²) >= 11 is 10.8. The third-order valence-electron chi connectivity index (χ3n) is 1.98. The number of hydrogen-bond donors (Lipinski definition) is 0. The number of hydrogen-bond acceptors (Lipinski definition) is 2. The summed E-state index contributed by atoms with van der Waals surface area (Å²) in [6.07, 6.45) is 0.847. The van der Waals surface area contributed by atoms with Crippen molar-refractivity contribution in [2.24, 2.45) is 0 Å². The molecule has 1 heterocycles. The second-order valence-electron chi connectivity index (χ2n) is 3.08. The van der Waals surface area contributed by atoms with Crippen molar-refractivity contribution in [3.8, 4) is 11.3 Å². The Bertz CT molecular complexity index is 455. The van der Waals surface area contributed by atoms with Crippen molar-refractivity contribution in [1.82, 2.24) is 4.98 Å². The monoisotopic (exact) mass is 301 g/mol. The molecule has 1 nitrogen and oxygen atoms in total. The highest BCUT2D eigenvalue weighted by atomic mass is 79.9. The van der Waals surface area contributed by atoms with Crippen LogP contribution in [-0.2, 0) is 6.42 Å². The Morgan fingerprint density at radius 3 is 3.00 bits per heavy atom. The molecule has 0 aliphatic rings. The van der Waals surface area contributed by atoms with Crippen LogP contribution in [0, 0.1) is 0 Å². The SMILES string of the molecule is ClCCc1nc(-c2cccc(Br)c2)cs1. The molecule has 0 bridgehead atoms. The van der Waals surface area contributed by atoms with Gasteiger partial charge in [0.1, 0.15) is 0 Å². The van der Waals surface area contributed by atoms with E-state index in [1.807, 2.05) is 12.1 Å². The first-order valence-electron chi connectivity index (χ1n) is 4.56. The van der Waals surface area contributed by atoms with Gasteiger partial charge in [-0.3, -0.25) is 0 Å². The van der Waals surface area contributed by atoms with E-state index in [1.165, 1.54) is 0 Å². The van der Waals surface area contributed by atoms with E-state index in [2.05, 4.69) is 38.4 Å². The quantitative estimate of drug-likeness (QED) is 0.768. The van der Waals surface area contributed by atoms with Crippen molar-refractivity contribution < 1.29 is 0 Å². The lowest BCUT2D eigenvalue weighted by Gasteiger charge is -1.96. The smallest absolute Gasteiger partial charge is 0.0944 e. The Morgan fingerprint density at radius 1 is 1.40 bits per heavy atom. The molecule has 0 radical (unpaired) electrons. The summed E-state index contributed by atoms with van der Waals surface area (Å²) < 4.78 is 1.08. The predicted octanol–water partition coefficient (Wildman–Crippen LogP) is 4.35. The predicted molar refractivity (Wildman–Crippen MR) is 69.7 cm³/mol. The standard InChI is InChI=1S/C11H9BrClNS/c12-9-3-1-2-8(6-9)10-7-15-11(14-10)4-5-13/h1-3,6-7H,4-5H2. The lowest BCUT2D eigenvalue weighted by molar-refractivity contribution is 1.10. The number of halogens is 2. The molecule has 2 aromatic rings. The number of aryl methyl sites for hydroxylation is 1. The average Bonchev–Trinajstić information content (AvgIpc) is 2.67. The fourth-order valence-corrected chi connectivity index (χ4v) is 2.78. The van der Waals surface area contributed by atoms with E-state index < -0.39 is 0 Å². The van der Waals surface area contributed by atoms with Gasteiger partial charge >= 0.3 is 0 Å². The van der Waals surface area contributed by atoms with Gasteiger partial charge in [0, 0.05) is 27.7 Å². The zero-order chi connectivity index (χ0) is 10.7. The van der Waals surface area contributed by atoms with Gasteiger partial charge in [0.15, 0.2) is 0 Å². The van der Waals surface area contributed by atoms with Crippen molar-refractivity contribution in [2.75, 3.05) is 5.88 Å². The summed E-state index contributed by atoms with van der Waals surface area (Å²) in [6.45, 7) is 0. The van der Waals surface area contributed by atoms with Crippen LogP contribution in [-0.4, -0.2) is 10.9 Å². The number of aromatic nitrogens is 1.